The maximum Gasteiger partial charge on any atom is 0.133 e. The van der Waals surface area contributed by atoms with Gasteiger partial charge in [0, 0.05) is 12.7 Å². The predicted octanol–water partition coefficient (Wildman–Crippen LogP) is 2.16. The van der Waals surface area contributed by atoms with Crippen LogP contribution < -0.4 is 4.72 Å². The molecule has 1 N–H and O–H groups in total. The van der Waals surface area contributed by atoms with Crippen LogP contribution in [0.1, 0.15) is 20.8 Å². The quantitative estimate of drug-likeness (QED) is 0.757. The van der Waals surface area contributed by atoms with Crippen molar-refractivity contribution in [1.29, 1.82) is 0 Å². The number of nitrogens with zero attached hydrogens (tertiary/aromatic N) is 2. The standard InChI is InChI=1S/C9H17N3S/c1-9(2,3)7-12-6-5-8(11-12)13-10-4/h5-6,10H,7H2,1-4H3. The Labute approximate surface area is 84.0 Å². The fraction of sp³-hybridized carbons (Fsp3) is 0.667. The fourth-order valence-corrected chi connectivity index (χ4v) is 1.56. The van der Waals surface area contributed by atoms with Crippen LogP contribution in [0, 0.1) is 5.41 Å². The van der Waals surface area contributed by atoms with Crippen LogP contribution in [-0.2, 0) is 6.54 Å². The van der Waals surface area contributed by atoms with Crippen molar-refractivity contribution in [2.75, 3.05) is 7.05 Å². The summed E-state index contributed by atoms with van der Waals surface area (Å²) >= 11 is 1.54. The lowest BCUT2D eigenvalue weighted by atomic mass is 9.97. The molecule has 13 heavy (non-hydrogen) atoms. The Hall–Kier alpha value is -0.480. The van der Waals surface area contributed by atoms with Crippen LogP contribution >= 0.6 is 11.9 Å². The highest BCUT2D eigenvalue weighted by Gasteiger charge is 2.11. The summed E-state index contributed by atoms with van der Waals surface area (Å²) in [6.45, 7) is 7.58. The van der Waals surface area contributed by atoms with Crippen molar-refractivity contribution in [1.82, 2.24) is 14.5 Å². The Morgan fingerprint density at radius 2 is 2.23 bits per heavy atom. The summed E-state index contributed by atoms with van der Waals surface area (Å²) in [4.78, 5) is 0. The van der Waals surface area contributed by atoms with Crippen molar-refractivity contribution in [2.45, 2.75) is 32.3 Å². The van der Waals surface area contributed by atoms with E-state index >= 15 is 0 Å². The molecule has 1 heterocycles. The highest BCUT2D eigenvalue weighted by Crippen LogP contribution is 2.17. The molecule has 1 aromatic rings. The Morgan fingerprint density at radius 1 is 1.54 bits per heavy atom. The largest absolute Gasteiger partial charge is 0.271 e. The van der Waals surface area contributed by atoms with Gasteiger partial charge in [-0.25, -0.2) is 0 Å². The number of nitrogens with one attached hydrogen (secondary N) is 1. The van der Waals surface area contributed by atoms with Gasteiger partial charge in [0.15, 0.2) is 0 Å². The van der Waals surface area contributed by atoms with Gasteiger partial charge < -0.3 is 0 Å². The van der Waals surface area contributed by atoms with E-state index in [4.69, 9.17) is 0 Å². The molecular formula is C9H17N3S. The van der Waals surface area contributed by atoms with Gasteiger partial charge in [-0.2, -0.15) is 5.10 Å². The molecule has 1 aromatic heterocycles. The van der Waals surface area contributed by atoms with Gasteiger partial charge in [0.2, 0.25) is 0 Å². The average Bonchev–Trinajstić information content (AvgIpc) is 2.33. The first-order chi connectivity index (χ1) is 6.01. The Bertz CT molecular complexity index is 262. The fourth-order valence-electron chi connectivity index (χ4n) is 1.08. The molecule has 0 saturated carbocycles. The van der Waals surface area contributed by atoms with E-state index in [2.05, 4.69) is 30.6 Å². The average molecular weight is 199 g/mol. The molecule has 0 aliphatic carbocycles. The Morgan fingerprint density at radius 3 is 2.77 bits per heavy atom. The van der Waals surface area contributed by atoms with Crippen molar-refractivity contribution >= 4 is 11.9 Å². The Balaban J connectivity index is 2.59. The Kier molecular flexibility index (Phi) is 3.39. The second-order valence-corrected chi connectivity index (χ2v) is 5.25. The molecule has 0 atom stereocenters. The van der Waals surface area contributed by atoms with E-state index < -0.39 is 0 Å². The minimum Gasteiger partial charge on any atom is -0.271 e. The number of hydrogen-bond donors (Lipinski definition) is 1. The van der Waals surface area contributed by atoms with Gasteiger partial charge in [-0.15, -0.1) is 0 Å². The van der Waals surface area contributed by atoms with Crippen LogP contribution in [0.25, 0.3) is 0 Å². The molecule has 4 heteroatoms. The first-order valence-electron chi connectivity index (χ1n) is 4.38. The van der Waals surface area contributed by atoms with Crippen LogP contribution in [0.5, 0.6) is 0 Å². The molecule has 0 aromatic carbocycles. The summed E-state index contributed by atoms with van der Waals surface area (Å²) in [5.74, 6) is 0. The van der Waals surface area contributed by atoms with Crippen molar-refractivity contribution in [2.24, 2.45) is 5.41 Å². The van der Waals surface area contributed by atoms with Gasteiger partial charge in [-0.3, -0.25) is 9.40 Å². The third-order valence-corrected chi connectivity index (χ3v) is 2.09. The van der Waals surface area contributed by atoms with E-state index in [1.165, 1.54) is 0 Å². The SMILES string of the molecule is CNSc1ccn(CC(C)(C)C)n1. The molecule has 0 spiro atoms. The zero-order valence-electron chi connectivity index (χ0n) is 8.66. The maximum atomic E-state index is 4.40. The number of rotatable bonds is 3. The highest BCUT2D eigenvalue weighted by molar-refractivity contribution is 7.97. The van der Waals surface area contributed by atoms with Crippen LogP contribution in [0.15, 0.2) is 17.3 Å². The van der Waals surface area contributed by atoms with Gasteiger partial charge in [0.25, 0.3) is 0 Å². The third-order valence-electron chi connectivity index (χ3n) is 1.46. The number of hydrogen-bond acceptors (Lipinski definition) is 3. The summed E-state index contributed by atoms with van der Waals surface area (Å²) in [7, 11) is 1.90. The van der Waals surface area contributed by atoms with Gasteiger partial charge in [0.05, 0.1) is 0 Å². The van der Waals surface area contributed by atoms with E-state index in [1.54, 1.807) is 11.9 Å². The van der Waals surface area contributed by atoms with Crippen LogP contribution in [-0.4, -0.2) is 16.8 Å². The maximum absolute atomic E-state index is 4.40. The monoisotopic (exact) mass is 199 g/mol. The molecule has 3 nitrogen and oxygen atoms in total. The second-order valence-electron chi connectivity index (χ2n) is 4.22. The molecule has 0 bridgehead atoms. The molecule has 74 valence electrons. The third kappa shape index (κ3) is 3.83. The normalized spacial score (nSPS) is 12.0. The molecule has 0 amide bonds. The summed E-state index contributed by atoms with van der Waals surface area (Å²) in [5, 5.41) is 5.42. The van der Waals surface area contributed by atoms with Gasteiger partial charge in [-0.05, 0) is 30.5 Å². The summed E-state index contributed by atoms with van der Waals surface area (Å²) < 4.78 is 4.99. The van der Waals surface area contributed by atoms with E-state index in [0.29, 0.717) is 0 Å². The van der Waals surface area contributed by atoms with Crippen molar-refractivity contribution in [3.05, 3.63) is 12.3 Å². The molecule has 0 radical (unpaired) electrons. The van der Waals surface area contributed by atoms with Crippen molar-refractivity contribution in [3.63, 3.8) is 0 Å². The minimum absolute atomic E-state index is 0.285. The zero-order valence-corrected chi connectivity index (χ0v) is 9.48. The first kappa shape index (κ1) is 10.6. The van der Waals surface area contributed by atoms with E-state index in [1.807, 2.05) is 24.0 Å². The zero-order chi connectivity index (χ0) is 9.90. The molecule has 0 unspecified atom stereocenters. The molecule has 0 aliphatic rings. The number of aromatic nitrogens is 2. The lowest BCUT2D eigenvalue weighted by Crippen LogP contribution is -2.15. The lowest BCUT2D eigenvalue weighted by Gasteiger charge is -2.17. The summed E-state index contributed by atoms with van der Waals surface area (Å²) in [6.07, 6.45) is 2.02. The highest BCUT2D eigenvalue weighted by atomic mass is 32.2. The van der Waals surface area contributed by atoms with Gasteiger partial charge in [0.1, 0.15) is 5.03 Å². The lowest BCUT2D eigenvalue weighted by molar-refractivity contribution is 0.323. The van der Waals surface area contributed by atoms with Crippen LogP contribution in [0.3, 0.4) is 0 Å². The smallest absolute Gasteiger partial charge is 0.133 e. The second kappa shape index (κ2) is 4.15. The molecule has 0 saturated heterocycles. The van der Waals surface area contributed by atoms with Gasteiger partial charge >= 0.3 is 0 Å². The van der Waals surface area contributed by atoms with Gasteiger partial charge in [-0.1, -0.05) is 20.8 Å². The predicted molar refractivity (Wildman–Crippen MR) is 56.6 cm³/mol. The summed E-state index contributed by atoms with van der Waals surface area (Å²) in [6, 6.07) is 2.02. The van der Waals surface area contributed by atoms with Crippen molar-refractivity contribution in [3.8, 4) is 0 Å². The topological polar surface area (TPSA) is 29.9 Å². The van der Waals surface area contributed by atoms with Crippen molar-refractivity contribution < 1.29 is 0 Å². The summed E-state index contributed by atoms with van der Waals surface area (Å²) in [5.41, 5.74) is 0.285. The minimum atomic E-state index is 0.285. The molecular weight excluding hydrogens is 182 g/mol. The van der Waals surface area contributed by atoms with Crippen LogP contribution in [0.4, 0.5) is 0 Å². The first-order valence-corrected chi connectivity index (χ1v) is 5.20. The molecule has 0 aliphatic heterocycles. The molecule has 0 fully saturated rings. The van der Waals surface area contributed by atoms with E-state index in [0.717, 1.165) is 11.6 Å². The van der Waals surface area contributed by atoms with E-state index in [-0.39, 0.29) is 5.41 Å². The van der Waals surface area contributed by atoms with E-state index in [9.17, 15) is 0 Å². The van der Waals surface area contributed by atoms with Crippen LogP contribution in [0.2, 0.25) is 0 Å². The molecule has 1 rings (SSSR count).